The minimum Gasteiger partial charge on any atom is -0.312 e. The van der Waals surface area contributed by atoms with Gasteiger partial charge in [-0.15, -0.1) is 11.3 Å². The summed E-state index contributed by atoms with van der Waals surface area (Å²) < 4.78 is 77.7. The van der Waals surface area contributed by atoms with Gasteiger partial charge in [-0.05, 0) is 37.3 Å². The molecule has 0 saturated heterocycles. The van der Waals surface area contributed by atoms with Crippen molar-refractivity contribution in [2.24, 2.45) is 0 Å². The molecule has 1 amide bonds. The van der Waals surface area contributed by atoms with Crippen LogP contribution in [-0.2, 0) is 22.7 Å². The number of alkyl halides is 3. The van der Waals surface area contributed by atoms with Crippen LogP contribution in [0.15, 0.2) is 36.5 Å². The van der Waals surface area contributed by atoms with Crippen molar-refractivity contribution in [3.05, 3.63) is 69.7 Å². The number of sulfonamides is 1. The number of carbonyl (C=O) groups is 1. The first-order valence-corrected chi connectivity index (χ1v) is 12.0. The van der Waals surface area contributed by atoms with E-state index in [1.165, 1.54) is 36.1 Å². The molecule has 2 aromatic heterocycles. The zero-order valence-electron chi connectivity index (χ0n) is 17.5. The number of thiazole rings is 1. The summed E-state index contributed by atoms with van der Waals surface area (Å²) in [6.07, 6.45) is -3.46. The second kappa shape index (κ2) is 9.35. The second-order valence-electron chi connectivity index (χ2n) is 7.00. The van der Waals surface area contributed by atoms with Crippen LogP contribution in [0.2, 0.25) is 0 Å². The lowest BCUT2D eigenvalue weighted by Crippen LogP contribution is -2.30. The van der Waals surface area contributed by atoms with Gasteiger partial charge in [0.1, 0.15) is 11.5 Å². The van der Waals surface area contributed by atoms with Gasteiger partial charge in [-0.25, -0.2) is 22.5 Å². The van der Waals surface area contributed by atoms with E-state index in [4.69, 9.17) is 5.26 Å². The van der Waals surface area contributed by atoms with E-state index in [9.17, 15) is 30.8 Å². The fourth-order valence-electron chi connectivity index (χ4n) is 2.80. The number of aromatic nitrogens is 2. The number of amides is 1. The van der Waals surface area contributed by atoms with Gasteiger partial charge in [0, 0.05) is 16.8 Å². The van der Waals surface area contributed by atoms with Crippen LogP contribution in [0.5, 0.6) is 0 Å². The average Bonchev–Trinajstić information content (AvgIpc) is 3.12. The predicted octanol–water partition coefficient (Wildman–Crippen LogP) is 3.90. The Kier molecular flexibility index (Phi) is 6.89. The Labute approximate surface area is 195 Å². The first-order valence-electron chi connectivity index (χ1n) is 9.27. The molecular weight excluding hydrogens is 498 g/mol. The van der Waals surface area contributed by atoms with E-state index in [1.807, 2.05) is 6.07 Å². The third kappa shape index (κ3) is 5.86. The van der Waals surface area contributed by atoms with E-state index in [-0.39, 0.29) is 23.1 Å². The SMILES string of the molecule is Cc1sc(N(Cc2ncc(C(F)(F)F)cc2F)c2ccc(C#N)cc2)nc1C(=O)NS(C)(=O)=O. The number of aryl methyl sites for hydroxylation is 1. The molecule has 1 N–H and O–H groups in total. The Balaban J connectivity index is 2.05. The van der Waals surface area contributed by atoms with Crippen LogP contribution < -0.4 is 9.62 Å². The van der Waals surface area contributed by atoms with E-state index < -0.39 is 33.5 Å². The van der Waals surface area contributed by atoms with Gasteiger partial charge in [-0.3, -0.25) is 9.78 Å². The van der Waals surface area contributed by atoms with Crippen LogP contribution in [0.4, 0.5) is 28.4 Å². The van der Waals surface area contributed by atoms with E-state index in [2.05, 4.69) is 9.97 Å². The molecule has 3 aromatic rings. The molecule has 0 unspecified atom stereocenters. The summed E-state index contributed by atoms with van der Waals surface area (Å²) in [4.78, 5) is 21.8. The first kappa shape index (κ1) is 25.1. The van der Waals surface area contributed by atoms with Gasteiger partial charge in [0.05, 0.1) is 35.7 Å². The predicted molar refractivity (Wildman–Crippen MR) is 115 cm³/mol. The van der Waals surface area contributed by atoms with Crippen LogP contribution in [0.25, 0.3) is 0 Å². The molecule has 2 heterocycles. The Morgan fingerprint density at radius 3 is 2.44 bits per heavy atom. The second-order valence-corrected chi connectivity index (χ2v) is 9.93. The average molecular weight is 513 g/mol. The number of carbonyl (C=O) groups excluding carboxylic acids is 1. The molecule has 0 atom stereocenters. The standard InChI is InChI=1S/C20H15F4N5O3S2/c1-11-17(18(30)28-34(2,31)32)27-19(33-11)29(14-5-3-12(8-25)4-6-14)10-16-15(21)7-13(9-26-16)20(22,23)24/h3-7,9H,10H2,1-2H3,(H,28,30). The number of nitrogens with zero attached hydrogens (tertiary/aromatic N) is 4. The summed E-state index contributed by atoms with van der Waals surface area (Å²) in [6.45, 7) is 1.15. The maximum Gasteiger partial charge on any atom is 0.417 e. The molecular formula is C20H15F4N5O3S2. The van der Waals surface area contributed by atoms with Gasteiger partial charge in [0.25, 0.3) is 5.91 Å². The maximum absolute atomic E-state index is 14.5. The fourth-order valence-corrected chi connectivity index (χ4v) is 4.16. The van der Waals surface area contributed by atoms with Crippen LogP contribution in [0.1, 0.15) is 32.2 Å². The van der Waals surface area contributed by atoms with Crippen molar-refractivity contribution in [1.82, 2.24) is 14.7 Å². The number of hydrogen-bond donors (Lipinski definition) is 1. The number of halogens is 4. The van der Waals surface area contributed by atoms with Crippen molar-refractivity contribution in [1.29, 1.82) is 5.26 Å². The number of rotatable bonds is 6. The maximum atomic E-state index is 14.5. The number of benzene rings is 1. The molecule has 3 rings (SSSR count). The van der Waals surface area contributed by atoms with E-state index in [1.54, 1.807) is 4.72 Å². The largest absolute Gasteiger partial charge is 0.417 e. The molecule has 0 saturated carbocycles. The van der Waals surface area contributed by atoms with Gasteiger partial charge in [-0.2, -0.15) is 18.4 Å². The zero-order chi connectivity index (χ0) is 25.3. The van der Waals surface area contributed by atoms with Crippen molar-refractivity contribution in [3.8, 4) is 6.07 Å². The van der Waals surface area contributed by atoms with Crippen LogP contribution >= 0.6 is 11.3 Å². The number of nitriles is 1. The highest BCUT2D eigenvalue weighted by molar-refractivity contribution is 7.89. The Morgan fingerprint density at radius 2 is 1.91 bits per heavy atom. The Hall–Kier alpha value is -3.57. The third-order valence-corrected chi connectivity index (χ3v) is 5.92. The lowest BCUT2D eigenvalue weighted by Gasteiger charge is -2.22. The van der Waals surface area contributed by atoms with E-state index in [0.29, 0.717) is 28.4 Å². The van der Waals surface area contributed by atoms with Crippen LogP contribution in [0, 0.1) is 24.1 Å². The van der Waals surface area contributed by atoms with Crippen molar-refractivity contribution >= 4 is 38.1 Å². The van der Waals surface area contributed by atoms with E-state index in [0.717, 1.165) is 17.6 Å². The molecule has 0 aliphatic carbocycles. The smallest absolute Gasteiger partial charge is 0.312 e. The molecule has 0 radical (unpaired) electrons. The minimum atomic E-state index is -4.77. The topological polar surface area (TPSA) is 116 Å². The summed E-state index contributed by atoms with van der Waals surface area (Å²) in [5, 5.41) is 9.15. The molecule has 8 nitrogen and oxygen atoms in total. The van der Waals surface area contributed by atoms with E-state index >= 15 is 0 Å². The highest BCUT2D eigenvalue weighted by Gasteiger charge is 2.32. The molecule has 178 valence electrons. The van der Waals surface area contributed by atoms with Crippen LogP contribution in [-0.4, -0.2) is 30.5 Å². The number of anilines is 2. The van der Waals surface area contributed by atoms with Crippen molar-refractivity contribution in [2.45, 2.75) is 19.6 Å². The minimum absolute atomic E-state index is 0.127. The van der Waals surface area contributed by atoms with Crippen LogP contribution in [0.3, 0.4) is 0 Å². The summed E-state index contributed by atoms with van der Waals surface area (Å²) in [5.74, 6) is -2.17. The molecule has 0 fully saturated rings. The van der Waals surface area contributed by atoms with Crippen molar-refractivity contribution in [3.63, 3.8) is 0 Å². The highest BCUT2D eigenvalue weighted by atomic mass is 32.2. The molecule has 14 heteroatoms. The lowest BCUT2D eigenvalue weighted by molar-refractivity contribution is -0.138. The third-order valence-electron chi connectivity index (χ3n) is 4.37. The van der Waals surface area contributed by atoms with Crippen molar-refractivity contribution < 1.29 is 30.8 Å². The summed E-state index contributed by atoms with van der Waals surface area (Å²) in [7, 11) is -3.86. The molecule has 0 bridgehead atoms. The fraction of sp³-hybridized carbons (Fsp3) is 0.200. The quantitative estimate of drug-likeness (QED) is 0.497. The summed E-state index contributed by atoms with van der Waals surface area (Å²) >= 11 is 0.978. The highest BCUT2D eigenvalue weighted by Crippen LogP contribution is 2.34. The van der Waals surface area contributed by atoms with Gasteiger partial charge >= 0.3 is 6.18 Å². The molecule has 0 spiro atoms. The van der Waals surface area contributed by atoms with Crippen molar-refractivity contribution in [2.75, 3.05) is 11.2 Å². The Bertz CT molecular complexity index is 1380. The summed E-state index contributed by atoms with van der Waals surface area (Å²) in [6, 6.07) is 8.23. The molecule has 1 aromatic carbocycles. The normalized spacial score (nSPS) is 11.7. The van der Waals surface area contributed by atoms with Gasteiger partial charge in [-0.1, -0.05) is 0 Å². The molecule has 0 aliphatic heterocycles. The van der Waals surface area contributed by atoms with Gasteiger partial charge in [0.2, 0.25) is 10.0 Å². The first-order chi connectivity index (χ1) is 15.8. The lowest BCUT2D eigenvalue weighted by atomic mass is 10.2. The monoisotopic (exact) mass is 513 g/mol. The molecule has 0 aliphatic rings. The van der Waals surface area contributed by atoms with Gasteiger partial charge in [0.15, 0.2) is 5.13 Å². The van der Waals surface area contributed by atoms with Gasteiger partial charge < -0.3 is 4.90 Å². The number of hydrogen-bond acceptors (Lipinski definition) is 8. The number of nitrogens with one attached hydrogen (secondary N) is 1. The summed E-state index contributed by atoms with van der Waals surface area (Å²) in [5.41, 5.74) is -1.06. The Morgan fingerprint density at radius 1 is 1.26 bits per heavy atom. The zero-order valence-corrected chi connectivity index (χ0v) is 19.1. The molecule has 34 heavy (non-hydrogen) atoms. The number of pyridine rings is 1.